The van der Waals surface area contributed by atoms with Gasteiger partial charge in [0.2, 0.25) is 0 Å². The van der Waals surface area contributed by atoms with Crippen molar-refractivity contribution in [2.45, 2.75) is 46.2 Å². The third-order valence-corrected chi connectivity index (χ3v) is 4.59. The molecule has 0 aliphatic heterocycles. The van der Waals surface area contributed by atoms with E-state index in [1.165, 1.54) is 10.3 Å². The molecule has 110 valence electrons. The number of aromatic nitrogens is 1. The van der Waals surface area contributed by atoms with E-state index in [0.717, 1.165) is 11.9 Å². The number of thiophene rings is 1. The average molecular weight is 292 g/mol. The average Bonchev–Trinajstić information content (AvgIpc) is 2.84. The quantitative estimate of drug-likeness (QED) is 0.882. The number of aliphatic hydroxyl groups excluding tert-OH is 1. The topological polar surface area (TPSA) is 45.1 Å². The zero-order valence-electron chi connectivity index (χ0n) is 12.7. The van der Waals surface area contributed by atoms with Crippen LogP contribution in [0.25, 0.3) is 10.2 Å². The first-order valence-corrected chi connectivity index (χ1v) is 8.00. The Morgan fingerprint density at radius 3 is 2.80 bits per heavy atom. The van der Waals surface area contributed by atoms with Gasteiger partial charge in [-0.25, -0.2) is 0 Å². The second kappa shape index (κ2) is 6.20. The van der Waals surface area contributed by atoms with E-state index < -0.39 is 0 Å². The van der Waals surface area contributed by atoms with Crippen LogP contribution in [0.4, 0.5) is 0 Å². The Balaban J connectivity index is 2.14. The number of hydrogen-bond acceptors (Lipinski definition) is 4. The van der Waals surface area contributed by atoms with Gasteiger partial charge in [-0.15, -0.1) is 11.3 Å². The third kappa shape index (κ3) is 3.57. The Hall–Kier alpha value is -0.970. The van der Waals surface area contributed by atoms with Gasteiger partial charge in [-0.3, -0.25) is 4.98 Å². The summed E-state index contributed by atoms with van der Waals surface area (Å²) in [7, 11) is 0. The number of fused-ring (bicyclic) bond motifs is 1. The van der Waals surface area contributed by atoms with E-state index in [9.17, 15) is 5.11 Å². The highest BCUT2D eigenvalue weighted by Crippen LogP contribution is 2.27. The molecule has 2 unspecified atom stereocenters. The lowest BCUT2D eigenvalue weighted by atomic mass is 9.84. The molecule has 0 aliphatic carbocycles. The number of nitrogens with one attached hydrogen (secondary N) is 1. The van der Waals surface area contributed by atoms with Gasteiger partial charge in [0.05, 0.1) is 10.2 Å². The molecule has 20 heavy (non-hydrogen) atoms. The predicted molar refractivity (Wildman–Crippen MR) is 86.1 cm³/mol. The summed E-state index contributed by atoms with van der Waals surface area (Å²) in [5, 5.41) is 15.0. The zero-order valence-corrected chi connectivity index (χ0v) is 13.5. The summed E-state index contributed by atoms with van der Waals surface area (Å²) in [6, 6.07) is 4.76. The van der Waals surface area contributed by atoms with E-state index in [1.54, 1.807) is 11.3 Å². The molecule has 0 aliphatic rings. The second-order valence-electron chi connectivity index (χ2n) is 6.39. The van der Waals surface area contributed by atoms with Crippen molar-refractivity contribution in [2.75, 3.05) is 6.61 Å². The van der Waals surface area contributed by atoms with Crippen LogP contribution in [-0.4, -0.2) is 22.7 Å². The molecule has 2 heterocycles. The monoisotopic (exact) mass is 292 g/mol. The van der Waals surface area contributed by atoms with Crippen molar-refractivity contribution in [1.29, 1.82) is 0 Å². The standard InChI is InChI=1S/C16H24N2OS/c1-11(18-15(5-7-19)16(2,3)4)12-9-14-13(17-10-12)6-8-20-14/h6,8-11,15,18-19H,5,7H2,1-4H3. The van der Waals surface area contributed by atoms with Crippen LogP contribution in [0.2, 0.25) is 0 Å². The van der Waals surface area contributed by atoms with Gasteiger partial charge >= 0.3 is 0 Å². The summed E-state index contributed by atoms with van der Waals surface area (Å²) >= 11 is 1.72. The molecule has 2 N–H and O–H groups in total. The van der Waals surface area contributed by atoms with Gasteiger partial charge < -0.3 is 10.4 Å². The molecule has 2 atom stereocenters. The van der Waals surface area contributed by atoms with Crippen LogP contribution in [0.15, 0.2) is 23.7 Å². The SMILES string of the molecule is CC(NC(CCO)C(C)(C)C)c1cnc2ccsc2c1. The summed E-state index contributed by atoms with van der Waals surface area (Å²) in [6.07, 6.45) is 2.72. The summed E-state index contributed by atoms with van der Waals surface area (Å²) in [6.45, 7) is 8.98. The molecular weight excluding hydrogens is 268 g/mol. The van der Waals surface area contributed by atoms with E-state index in [4.69, 9.17) is 0 Å². The van der Waals surface area contributed by atoms with Gasteiger partial charge in [0.15, 0.2) is 0 Å². The highest BCUT2D eigenvalue weighted by Gasteiger charge is 2.25. The third-order valence-electron chi connectivity index (χ3n) is 3.74. The molecule has 0 saturated heterocycles. The van der Waals surface area contributed by atoms with Crippen molar-refractivity contribution in [2.24, 2.45) is 5.41 Å². The molecule has 0 radical (unpaired) electrons. The Labute approximate surface area is 125 Å². The number of rotatable bonds is 5. The molecule has 0 amide bonds. The van der Waals surface area contributed by atoms with Crippen LogP contribution in [0, 0.1) is 5.41 Å². The van der Waals surface area contributed by atoms with Crippen LogP contribution in [-0.2, 0) is 0 Å². The number of nitrogens with zero attached hydrogens (tertiary/aromatic N) is 1. The van der Waals surface area contributed by atoms with Crippen molar-refractivity contribution < 1.29 is 5.11 Å². The first kappa shape index (κ1) is 15.4. The Bertz CT molecular complexity index is 559. The molecule has 2 aromatic heterocycles. The first-order valence-electron chi connectivity index (χ1n) is 7.12. The lowest BCUT2D eigenvalue weighted by molar-refractivity contribution is 0.188. The lowest BCUT2D eigenvalue weighted by Crippen LogP contribution is -2.42. The summed E-state index contributed by atoms with van der Waals surface area (Å²) in [5.74, 6) is 0. The van der Waals surface area contributed by atoms with E-state index in [2.05, 4.69) is 49.4 Å². The highest BCUT2D eigenvalue weighted by molar-refractivity contribution is 7.17. The van der Waals surface area contributed by atoms with E-state index in [0.29, 0.717) is 0 Å². The largest absolute Gasteiger partial charge is 0.396 e. The van der Waals surface area contributed by atoms with Crippen LogP contribution >= 0.6 is 11.3 Å². The maximum atomic E-state index is 9.25. The van der Waals surface area contributed by atoms with Crippen molar-refractivity contribution in [1.82, 2.24) is 10.3 Å². The second-order valence-corrected chi connectivity index (χ2v) is 7.34. The minimum atomic E-state index is 0.122. The fourth-order valence-corrected chi connectivity index (χ4v) is 3.18. The van der Waals surface area contributed by atoms with E-state index >= 15 is 0 Å². The van der Waals surface area contributed by atoms with Crippen LogP contribution in [0.3, 0.4) is 0 Å². The molecular formula is C16H24N2OS. The summed E-state index contributed by atoms with van der Waals surface area (Å²) in [4.78, 5) is 4.50. The number of aliphatic hydroxyl groups is 1. The first-order chi connectivity index (χ1) is 9.41. The Morgan fingerprint density at radius 1 is 1.40 bits per heavy atom. The minimum Gasteiger partial charge on any atom is -0.396 e. The highest BCUT2D eigenvalue weighted by atomic mass is 32.1. The smallest absolute Gasteiger partial charge is 0.0809 e. The molecule has 0 saturated carbocycles. The van der Waals surface area contributed by atoms with Crippen molar-refractivity contribution >= 4 is 21.6 Å². The van der Waals surface area contributed by atoms with Gasteiger partial charge in [0, 0.05) is 24.9 Å². The summed E-state index contributed by atoms with van der Waals surface area (Å²) in [5.41, 5.74) is 2.39. The minimum absolute atomic E-state index is 0.122. The summed E-state index contributed by atoms with van der Waals surface area (Å²) < 4.78 is 1.23. The van der Waals surface area contributed by atoms with Gasteiger partial charge in [-0.1, -0.05) is 20.8 Å². The van der Waals surface area contributed by atoms with Crippen LogP contribution in [0.1, 0.15) is 45.7 Å². The van der Waals surface area contributed by atoms with Crippen LogP contribution < -0.4 is 5.32 Å². The molecule has 2 rings (SSSR count). The molecule has 0 spiro atoms. The van der Waals surface area contributed by atoms with Gasteiger partial charge in [0.1, 0.15) is 0 Å². The molecule has 0 bridgehead atoms. The van der Waals surface area contributed by atoms with Crippen molar-refractivity contribution in [3.8, 4) is 0 Å². The maximum absolute atomic E-state index is 9.25. The fourth-order valence-electron chi connectivity index (χ4n) is 2.39. The fraction of sp³-hybridized carbons (Fsp3) is 0.562. The van der Waals surface area contributed by atoms with Crippen molar-refractivity contribution in [3.63, 3.8) is 0 Å². The van der Waals surface area contributed by atoms with Crippen molar-refractivity contribution in [3.05, 3.63) is 29.3 Å². The molecule has 0 fully saturated rings. The molecule has 2 aromatic rings. The van der Waals surface area contributed by atoms with Gasteiger partial charge in [0.25, 0.3) is 0 Å². The number of pyridine rings is 1. The maximum Gasteiger partial charge on any atom is 0.0809 e. The zero-order chi connectivity index (χ0) is 14.8. The normalized spacial score (nSPS) is 15.4. The molecule has 4 heteroatoms. The molecule has 0 aromatic carbocycles. The number of hydrogen-bond donors (Lipinski definition) is 2. The van der Waals surface area contributed by atoms with Gasteiger partial charge in [-0.05, 0) is 41.8 Å². The van der Waals surface area contributed by atoms with Crippen LogP contribution in [0.5, 0.6) is 0 Å². The van der Waals surface area contributed by atoms with E-state index in [-0.39, 0.29) is 24.1 Å². The molecule has 3 nitrogen and oxygen atoms in total. The van der Waals surface area contributed by atoms with E-state index in [1.807, 2.05) is 12.3 Å². The Kier molecular flexibility index (Phi) is 4.78. The Morgan fingerprint density at radius 2 is 2.15 bits per heavy atom. The van der Waals surface area contributed by atoms with Gasteiger partial charge in [-0.2, -0.15) is 0 Å². The lowest BCUT2D eigenvalue weighted by Gasteiger charge is -2.34. The predicted octanol–water partition coefficient (Wildman–Crippen LogP) is 3.74.